The van der Waals surface area contributed by atoms with Gasteiger partial charge in [-0.2, -0.15) is 5.10 Å². The molecule has 1 N–H and O–H groups in total. The van der Waals surface area contributed by atoms with Crippen molar-refractivity contribution in [1.82, 2.24) is 10.2 Å². The summed E-state index contributed by atoms with van der Waals surface area (Å²) in [5.74, 6) is 1.49. The Morgan fingerprint density at radius 3 is 2.73 bits per heavy atom. The number of carbonyl (C=O) groups excluding carboxylic acids is 1. The first-order chi connectivity index (χ1) is 12.7. The van der Waals surface area contributed by atoms with E-state index in [1.54, 1.807) is 0 Å². The van der Waals surface area contributed by atoms with Crippen molar-refractivity contribution in [3.8, 4) is 16.9 Å². The van der Waals surface area contributed by atoms with E-state index in [4.69, 9.17) is 4.74 Å². The van der Waals surface area contributed by atoms with Crippen LogP contribution in [0.25, 0.3) is 11.1 Å². The topological polar surface area (TPSA) is 58.2 Å². The summed E-state index contributed by atoms with van der Waals surface area (Å²) in [6.07, 6.45) is 11.6. The molecule has 2 fully saturated rings. The van der Waals surface area contributed by atoms with E-state index in [9.17, 15) is 4.79 Å². The van der Waals surface area contributed by atoms with Crippen LogP contribution in [-0.4, -0.2) is 28.3 Å². The second-order valence-corrected chi connectivity index (χ2v) is 7.97. The molecule has 26 heavy (non-hydrogen) atoms. The number of aromatic nitrogens is 2. The number of benzene rings is 1. The number of ether oxygens (including phenoxy) is 1. The first-order valence-electron chi connectivity index (χ1n) is 9.87. The molecular weight excluding hydrogens is 326 g/mol. The molecule has 5 nitrogen and oxygen atoms in total. The summed E-state index contributed by atoms with van der Waals surface area (Å²) in [4.78, 5) is 15.0. The Balaban J connectivity index is 1.61. The van der Waals surface area contributed by atoms with Gasteiger partial charge in [0.25, 0.3) is 0 Å². The number of nitrogens with zero attached hydrogens (tertiary/aromatic N) is 2. The largest absolute Gasteiger partial charge is 0.489 e. The van der Waals surface area contributed by atoms with Crippen LogP contribution in [-0.2, 0) is 11.2 Å². The Morgan fingerprint density at radius 1 is 1.23 bits per heavy atom. The van der Waals surface area contributed by atoms with Crippen LogP contribution >= 0.6 is 0 Å². The first kappa shape index (κ1) is 15.9. The number of rotatable bonds is 4. The van der Waals surface area contributed by atoms with Gasteiger partial charge in [-0.1, -0.05) is 0 Å². The van der Waals surface area contributed by atoms with E-state index in [-0.39, 0.29) is 12.0 Å². The highest BCUT2D eigenvalue weighted by molar-refractivity contribution is 5.99. The Hall–Kier alpha value is -2.30. The zero-order chi connectivity index (χ0) is 17.7. The number of amides is 1. The third kappa shape index (κ3) is 2.61. The van der Waals surface area contributed by atoms with Crippen molar-refractivity contribution < 1.29 is 9.53 Å². The maximum Gasteiger partial charge on any atom is 0.230 e. The van der Waals surface area contributed by atoms with E-state index in [2.05, 4.69) is 29.3 Å². The fourth-order valence-electron chi connectivity index (χ4n) is 4.08. The number of aromatic amines is 1. The molecule has 2 aliphatic carbocycles. The molecule has 1 aliphatic heterocycles. The predicted molar refractivity (Wildman–Crippen MR) is 100 cm³/mol. The Labute approximate surface area is 153 Å². The smallest absolute Gasteiger partial charge is 0.230 e. The average Bonchev–Trinajstić information content (AvgIpc) is 3.32. The van der Waals surface area contributed by atoms with Crippen molar-refractivity contribution in [2.24, 2.45) is 5.92 Å². The zero-order valence-corrected chi connectivity index (χ0v) is 15.2. The van der Waals surface area contributed by atoms with Gasteiger partial charge in [0.2, 0.25) is 5.91 Å². The molecule has 0 spiro atoms. The van der Waals surface area contributed by atoms with E-state index in [1.165, 1.54) is 12.0 Å². The van der Waals surface area contributed by atoms with Crippen LogP contribution in [0.1, 0.15) is 51.0 Å². The van der Waals surface area contributed by atoms with Crippen LogP contribution in [0.5, 0.6) is 5.75 Å². The number of hydrogen-bond donors (Lipinski definition) is 1. The summed E-state index contributed by atoms with van der Waals surface area (Å²) in [6, 6.07) is 4.47. The van der Waals surface area contributed by atoms with E-state index < -0.39 is 0 Å². The van der Waals surface area contributed by atoms with Gasteiger partial charge in [-0.15, -0.1) is 0 Å². The molecule has 0 unspecified atom stereocenters. The molecule has 5 heteroatoms. The minimum Gasteiger partial charge on any atom is -0.489 e. The first-order valence-corrected chi connectivity index (χ1v) is 9.87. The molecule has 136 valence electrons. The summed E-state index contributed by atoms with van der Waals surface area (Å²) in [5, 5.41) is 7.01. The molecule has 0 saturated heterocycles. The molecule has 1 aromatic carbocycles. The lowest BCUT2D eigenvalue weighted by Gasteiger charge is -2.38. The monoisotopic (exact) mass is 351 g/mol. The average molecular weight is 351 g/mol. The molecule has 5 rings (SSSR count). The second kappa shape index (κ2) is 6.15. The van der Waals surface area contributed by atoms with Crippen LogP contribution < -0.4 is 9.64 Å². The standard InChI is InChI=1S/C21H25N3O2/c1-13-5-8-18-19(24(13)21(25)14-6-7-14)10-9-17(15-11-22-23-12-15)20(18)26-16-3-2-4-16/h9-14,16H,2-8H2,1H3,(H,22,23)/t13-/m0/s1. The third-order valence-corrected chi connectivity index (χ3v) is 6.06. The zero-order valence-electron chi connectivity index (χ0n) is 15.2. The summed E-state index contributed by atoms with van der Waals surface area (Å²) in [7, 11) is 0. The summed E-state index contributed by atoms with van der Waals surface area (Å²) < 4.78 is 6.46. The molecule has 2 aromatic rings. The van der Waals surface area contributed by atoms with Crippen molar-refractivity contribution in [1.29, 1.82) is 0 Å². The van der Waals surface area contributed by atoms with E-state index in [1.807, 2.05) is 17.3 Å². The SMILES string of the molecule is C[C@H]1CCc2c(ccc(-c3cn[nH]c3)c2OC2CCC2)N1C(=O)C1CC1. The molecule has 2 saturated carbocycles. The summed E-state index contributed by atoms with van der Waals surface area (Å²) >= 11 is 0. The fraction of sp³-hybridized carbons (Fsp3) is 0.524. The van der Waals surface area contributed by atoms with Crippen LogP contribution in [0.3, 0.4) is 0 Å². The van der Waals surface area contributed by atoms with Crippen molar-refractivity contribution >= 4 is 11.6 Å². The lowest BCUT2D eigenvalue weighted by molar-refractivity contribution is -0.120. The maximum atomic E-state index is 12.9. The number of carbonyl (C=O) groups is 1. The quantitative estimate of drug-likeness (QED) is 0.903. The molecule has 1 atom stereocenters. The number of fused-ring (bicyclic) bond motifs is 1. The van der Waals surface area contributed by atoms with E-state index in [0.717, 1.165) is 61.1 Å². The van der Waals surface area contributed by atoms with Gasteiger partial charge in [0.15, 0.2) is 0 Å². The minimum atomic E-state index is 0.230. The van der Waals surface area contributed by atoms with Gasteiger partial charge >= 0.3 is 0 Å². The molecular formula is C21H25N3O2. The van der Waals surface area contributed by atoms with Gasteiger partial charge in [-0.3, -0.25) is 9.89 Å². The van der Waals surface area contributed by atoms with Crippen molar-refractivity contribution in [3.05, 3.63) is 30.1 Å². The molecule has 0 radical (unpaired) electrons. The van der Waals surface area contributed by atoms with E-state index >= 15 is 0 Å². The van der Waals surface area contributed by atoms with E-state index in [0.29, 0.717) is 12.0 Å². The fourth-order valence-corrected chi connectivity index (χ4v) is 4.08. The van der Waals surface area contributed by atoms with Gasteiger partial charge in [0.1, 0.15) is 5.75 Å². The summed E-state index contributed by atoms with van der Waals surface area (Å²) in [5.41, 5.74) is 4.38. The number of anilines is 1. The lowest BCUT2D eigenvalue weighted by Crippen LogP contribution is -2.43. The van der Waals surface area contributed by atoms with Gasteiger partial charge in [0.05, 0.1) is 18.0 Å². The van der Waals surface area contributed by atoms with Crippen LogP contribution in [0.15, 0.2) is 24.5 Å². The molecule has 2 heterocycles. The summed E-state index contributed by atoms with van der Waals surface area (Å²) in [6.45, 7) is 2.17. The van der Waals surface area contributed by atoms with Crippen LogP contribution in [0.2, 0.25) is 0 Å². The molecule has 3 aliphatic rings. The van der Waals surface area contributed by atoms with Gasteiger partial charge in [-0.05, 0) is 64.0 Å². The molecule has 0 bridgehead atoms. The van der Waals surface area contributed by atoms with Gasteiger partial charge < -0.3 is 9.64 Å². The van der Waals surface area contributed by atoms with Crippen molar-refractivity contribution in [2.45, 2.75) is 64.0 Å². The highest BCUT2D eigenvalue weighted by Gasteiger charge is 2.39. The Morgan fingerprint density at radius 2 is 2.08 bits per heavy atom. The predicted octanol–water partition coefficient (Wildman–Crippen LogP) is 4.09. The number of H-pyrrole nitrogens is 1. The minimum absolute atomic E-state index is 0.230. The highest BCUT2D eigenvalue weighted by atomic mass is 16.5. The van der Waals surface area contributed by atoms with Crippen molar-refractivity contribution in [3.63, 3.8) is 0 Å². The molecule has 1 amide bonds. The van der Waals surface area contributed by atoms with Gasteiger partial charge in [0, 0.05) is 34.8 Å². The normalized spacial score (nSPS) is 22.7. The lowest BCUT2D eigenvalue weighted by atomic mass is 9.91. The molecule has 1 aromatic heterocycles. The Bertz CT molecular complexity index is 822. The number of nitrogens with one attached hydrogen (secondary N) is 1. The van der Waals surface area contributed by atoms with Crippen molar-refractivity contribution in [2.75, 3.05) is 4.90 Å². The van der Waals surface area contributed by atoms with Crippen LogP contribution in [0.4, 0.5) is 5.69 Å². The van der Waals surface area contributed by atoms with Gasteiger partial charge in [-0.25, -0.2) is 0 Å². The Kier molecular flexibility index (Phi) is 3.76. The second-order valence-electron chi connectivity index (χ2n) is 7.97. The van der Waals surface area contributed by atoms with Crippen LogP contribution in [0, 0.1) is 5.92 Å². The highest BCUT2D eigenvalue weighted by Crippen LogP contribution is 2.46. The maximum absolute atomic E-state index is 12.9. The number of hydrogen-bond acceptors (Lipinski definition) is 3. The third-order valence-electron chi connectivity index (χ3n) is 6.06.